The van der Waals surface area contributed by atoms with Crippen LogP contribution < -0.4 is 0 Å². The number of halogens is 4. The molecule has 0 fully saturated rings. The first-order valence-electron chi connectivity index (χ1n) is 3.10. The van der Waals surface area contributed by atoms with Gasteiger partial charge in [0.15, 0.2) is 5.69 Å². The van der Waals surface area contributed by atoms with Gasteiger partial charge in [0.05, 0.1) is 10.0 Å². The largest absolute Gasteiger partial charge is 0.266 e. The van der Waals surface area contributed by atoms with Gasteiger partial charge in [-0.25, -0.2) is 13.8 Å². The van der Waals surface area contributed by atoms with Crippen molar-refractivity contribution in [2.45, 2.75) is 6.43 Å². The standard InChI is InChI=1S/C7H2BrF2IN2/c8-4-1-3(6(9)10)5(2-12)13-7(4)11/h1,6H. The van der Waals surface area contributed by atoms with E-state index in [2.05, 4.69) is 20.9 Å². The highest BCUT2D eigenvalue weighted by atomic mass is 127. The Kier molecular flexibility index (Phi) is 3.55. The molecule has 0 aromatic carbocycles. The molecule has 6 heteroatoms. The molecule has 13 heavy (non-hydrogen) atoms. The van der Waals surface area contributed by atoms with E-state index >= 15 is 0 Å². The normalized spacial score (nSPS) is 10.2. The van der Waals surface area contributed by atoms with E-state index in [1.54, 1.807) is 6.07 Å². The van der Waals surface area contributed by atoms with E-state index in [4.69, 9.17) is 5.26 Å². The molecule has 0 spiro atoms. The fraction of sp³-hybridized carbons (Fsp3) is 0.143. The highest BCUT2D eigenvalue weighted by Gasteiger charge is 2.16. The van der Waals surface area contributed by atoms with Crippen LogP contribution in [-0.2, 0) is 0 Å². The van der Waals surface area contributed by atoms with Crippen LogP contribution in [0.2, 0.25) is 0 Å². The van der Waals surface area contributed by atoms with E-state index in [0.717, 1.165) is 0 Å². The van der Waals surface area contributed by atoms with Crippen molar-refractivity contribution in [3.05, 3.63) is 25.5 Å². The third-order valence-corrected chi connectivity index (χ3v) is 3.47. The molecule has 2 nitrogen and oxygen atoms in total. The number of hydrogen-bond donors (Lipinski definition) is 0. The Labute approximate surface area is 95.2 Å². The topological polar surface area (TPSA) is 36.7 Å². The molecule has 0 amide bonds. The highest BCUT2D eigenvalue weighted by molar-refractivity contribution is 14.1. The van der Waals surface area contributed by atoms with Gasteiger partial charge in [-0.15, -0.1) is 0 Å². The zero-order valence-corrected chi connectivity index (χ0v) is 9.80. The molecule has 0 aliphatic rings. The van der Waals surface area contributed by atoms with Gasteiger partial charge in [0.25, 0.3) is 6.43 Å². The van der Waals surface area contributed by atoms with Crippen LogP contribution in [0.25, 0.3) is 0 Å². The summed E-state index contributed by atoms with van der Waals surface area (Å²) in [7, 11) is 0. The number of nitrogens with zero attached hydrogens (tertiary/aromatic N) is 2. The molecule has 0 saturated heterocycles. The summed E-state index contributed by atoms with van der Waals surface area (Å²) in [6, 6.07) is 2.85. The van der Waals surface area contributed by atoms with Crippen molar-refractivity contribution in [1.29, 1.82) is 5.26 Å². The molecular formula is C7H2BrF2IN2. The number of nitriles is 1. The second kappa shape index (κ2) is 4.28. The van der Waals surface area contributed by atoms with Crippen LogP contribution in [0, 0.1) is 15.0 Å². The Morgan fingerprint density at radius 3 is 2.69 bits per heavy atom. The zero-order valence-electron chi connectivity index (χ0n) is 6.06. The number of hydrogen-bond acceptors (Lipinski definition) is 2. The lowest BCUT2D eigenvalue weighted by atomic mass is 10.2. The maximum Gasteiger partial charge on any atom is 0.266 e. The number of rotatable bonds is 1. The van der Waals surface area contributed by atoms with Gasteiger partial charge in [-0.1, -0.05) is 0 Å². The minimum Gasteiger partial charge on any atom is -0.229 e. The SMILES string of the molecule is N#Cc1nc(I)c(Br)cc1C(F)F. The van der Waals surface area contributed by atoms with Gasteiger partial charge in [0.1, 0.15) is 9.77 Å². The molecule has 0 aliphatic heterocycles. The average Bonchev–Trinajstić information content (AvgIpc) is 2.08. The predicted molar refractivity (Wildman–Crippen MR) is 54.3 cm³/mol. The number of aromatic nitrogens is 1. The van der Waals surface area contributed by atoms with Gasteiger partial charge in [-0.2, -0.15) is 5.26 Å². The smallest absolute Gasteiger partial charge is 0.229 e. The van der Waals surface area contributed by atoms with Gasteiger partial charge in [-0.05, 0) is 44.6 Å². The summed E-state index contributed by atoms with van der Waals surface area (Å²) in [6.07, 6.45) is -2.67. The fourth-order valence-corrected chi connectivity index (χ4v) is 1.47. The predicted octanol–water partition coefficient (Wildman–Crippen LogP) is 3.26. The molecule has 0 N–H and O–H groups in total. The first-order valence-corrected chi connectivity index (χ1v) is 4.97. The van der Waals surface area contributed by atoms with Crippen LogP contribution in [0.1, 0.15) is 17.7 Å². The summed E-state index contributed by atoms with van der Waals surface area (Å²) in [5.41, 5.74) is -0.558. The lowest BCUT2D eigenvalue weighted by molar-refractivity contribution is 0.150. The van der Waals surface area contributed by atoms with Crippen LogP contribution >= 0.6 is 38.5 Å². The van der Waals surface area contributed by atoms with E-state index in [0.29, 0.717) is 8.17 Å². The highest BCUT2D eigenvalue weighted by Crippen LogP contribution is 2.27. The zero-order chi connectivity index (χ0) is 10.0. The van der Waals surface area contributed by atoms with Gasteiger partial charge in [0, 0.05) is 0 Å². The summed E-state index contributed by atoms with van der Waals surface area (Å²) in [6.45, 7) is 0. The third kappa shape index (κ3) is 2.34. The summed E-state index contributed by atoms with van der Waals surface area (Å²) < 4.78 is 25.6. The van der Waals surface area contributed by atoms with E-state index in [-0.39, 0.29) is 11.3 Å². The Balaban J connectivity index is 3.35. The Morgan fingerprint density at radius 2 is 2.23 bits per heavy atom. The third-order valence-electron chi connectivity index (χ3n) is 1.30. The van der Waals surface area contributed by atoms with Crippen molar-refractivity contribution in [3.8, 4) is 6.07 Å². The van der Waals surface area contributed by atoms with Crippen LogP contribution in [0.15, 0.2) is 10.5 Å². The van der Waals surface area contributed by atoms with Crippen molar-refractivity contribution < 1.29 is 8.78 Å². The van der Waals surface area contributed by atoms with Crippen molar-refractivity contribution in [2.75, 3.05) is 0 Å². The first kappa shape index (κ1) is 10.8. The second-order valence-corrected chi connectivity index (χ2v) is 3.99. The van der Waals surface area contributed by atoms with E-state index < -0.39 is 6.43 Å². The second-order valence-electron chi connectivity index (χ2n) is 2.11. The molecule has 1 heterocycles. The van der Waals surface area contributed by atoms with Crippen LogP contribution in [0.4, 0.5) is 8.78 Å². The first-order chi connectivity index (χ1) is 6.06. The molecule has 0 saturated carbocycles. The van der Waals surface area contributed by atoms with E-state index in [1.807, 2.05) is 22.6 Å². The number of pyridine rings is 1. The van der Waals surface area contributed by atoms with Crippen LogP contribution in [-0.4, -0.2) is 4.98 Å². The Morgan fingerprint density at radius 1 is 1.62 bits per heavy atom. The molecule has 0 unspecified atom stereocenters. The Bertz CT molecular complexity index is 375. The summed E-state index contributed by atoms with van der Waals surface area (Å²) in [5, 5.41) is 8.52. The van der Waals surface area contributed by atoms with Gasteiger partial charge in [0.2, 0.25) is 0 Å². The Hall–Kier alpha value is -0.290. The quantitative estimate of drug-likeness (QED) is 0.570. The molecule has 1 aromatic rings. The van der Waals surface area contributed by atoms with Crippen molar-refractivity contribution in [1.82, 2.24) is 4.98 Å². The molecule has 0 bridgehead atoms. The van der Waals surface area contributed by atoms with Crippen molar-refractivity contribution >= 4 is 38.5 Å². The van der Waals surface area contributed by atoms with Crippen LogP contribution in [0.3, 0.4) is 0 Å². The molecule has 0 radical (unpaired) electrons. The summed E-state index contributed by atoms with van der Waals surface area (Å²) in [4.78, 5) is 3.71. The molecular weight excluding hydrogens is 357 g/mol. The maximum absolute atomic E-state index is 12.3. The monoisotopic (exact) mass is 358 g/mol. The van der Waals surface area contributed by atoms with Gasteiger partial charge >= 0.3 is 0 Å². The summed E-state index contributed by atoms with van der Waals surface area (Å²) >= 11 is 4.92. The maximum atomic E-state index is 12.3. The minimum absolute atomic E-state index is 0.220. The van der Waals surface area contributed by atoms with Gasteiger partial charge < -0.3 is 0 Å². The molecule has 1 rings (SSSR count). The van der Waals surface area contributed by atoms with Crippen LogP contribution in [0.5, 0.6) is 0 Å². The number of alkyl halides is 2. The van der Waals surface area contributed by atoms with Crippen molar-refractivity contribution in [3.63, 3.8) is 0 Å². The molecule has 0 aliphatic carbocycles. The lowest BCUT2D eigenvalue weighted by Gasteiger charge is -2.03. The molecule has 68 valence electrons. The summed E-state index contributed by atoms with van der Waals surface area (Å²) in [5.74, 6) is 0. The minimum atomic E-state index is -2.67. The van der Waals surface area contributed by atoms with E-state index in [1.165, 1.54) is 6.07 Å². The molecule has 0 atom stereocenters. The van der Waals surface area contributed by atoms with Gasteiger partial charge in [-0.3, -0.25) is 0 Å². The lowest BCUT2D eigenvalue weighted by Crippen LogP contribution is -1.97. The average molecular weight is 359 g/mol. The molecule has 1 aromatic heterocycles. The van der Waals surface area contributed by atoms with Crippen molar-refractivity contribution in [2.24, 2.45) is 0 Å². The fourth-order valence-electron chi connectivity index (χ4n) is 0.736. The van der Waals surface area contributed by atoms with E-state index in [9.17, 15) is 8.78 Å².